The Morgan fingerprint density at radius 2 is 1.97 bits per heavy atom. The summed E-state index contributed by atoms with van der Waals surface area (Å²) in [4.78, 5) is 23.0. The van der Waals surface area contributed by atoms with Crippen molar-refractivity contribution in [3.63, 3.8) is 0 Å². The van der Waals surface area contributed by atoms with Crippen LogP contribution in [0.4, 0.5) is 11.4 Å². The number of carbonyl (C=O) groups excluding carboxylic acids is 1. The SMILES string of the molecule is COc1cc(/C=C(\C#N)C(=O)Nc2cc([N+](=O)[O-])ccc2Cl)cc(I)c1OCc1ccccc1. The Balaban J connectivity index is 1.84. The molecule has 1 N–H and O–H groups in total. The minimum atomic E-state index is -0.761. The molecule has 0 spiro atoms. The number of nitro benzene ring substituents is 1. The molecule has 0 saturated heterocycles. The molecular weight excluding hydrogens is 573 g/mol. The number of hydrogen-bond donors (Lipinski definition) is 1. The van der Waals surface area contributed by atoms with Crippen molar-refractivity contribution in [1.29, 1.82) is 5.26 Å². The predicted octanol–water partition coefficient (Wildman–Crippen LogP) is 5.99. The normalized spacial score (nSPS) is 10.8. The van der Waals surface area contributed by atoms with Crippen LogP contribution in [0, 0.1) is 25.0 Å². The molecule has 3 aromatic carbocycles. The van der Waals surface area contributed by atoms with Crippen LogP contribution < -0.4 is 14.8 Å². The molecule has 1 amide bonds. The largest absolute Gasteiger partial charge is 0.493 e. The topological polar surface area (TPSA) is 114 Å². The molecule has 8 nitrogen and oxygen atoms in total. The summed E-state index contributed by atoms with van der Waals surface area (Å²) in [5.41, 5.74) is 1.09. The molecule has 0 bridgehead atoms. The molecule has 3 rings (SSSR count). The lowest BCUT2D eigenvalue weighted by Gasteiger charge is -2.14. The summed E-state index contributed by atoms with van der Waals surface area (Å²) in [6, 6.07) is 18.5. The zero-order chi connectivity index (χ0) is 24.7. The molecule has 0 atom stereocenters. The van der Waals surface area contributed by atoms with Gasteiger partial charge in [0.2, 0.25) is 0 Å². The summed E-state index contributed by atoms with van der Waals surface area (Å²) >= 11 is 8.12. The van der Waals surface area contributed by atoms with E-state index < -0.39 is 10.8 Å². The van der Waals surface area contributed by atoms with Gasteiger partial charge >= 0.3 is 0 Å². The molecule has 0 aliphatic rings. The molecule has 10 heteroatoms. The Morgan fingerprint density at radius 1 is 1.24 bits per heavy atom. The minimum absolute atomic E-state index is 0.0267. The number of methoxy groups -OCH3 is 1. The third kappa shape index (κ3) is 6.24. The van der Waals surface area contributed by atoms with Gasteiger partial charge in [-0.2, -0.15) is 5.26 Å². The monoisotopic (exact) mass is 589 g/mol. The van der Waals surface area contributed by atoms with Gasteiger partial charge in [-0.25, -0.2) is 0 Å². The number of amides is 1. The van der Waals surface area contributed by atoms with Gasteiger partial charge in [-0.3, -0.25) is 14.9 Å². The number of ether oxygens (including phenoxy) is 2. The summed E-state index contributed by atoms with van der Waals surface area (Å²) in [5, 5.41) is 23.1. The highest BCUT2D eigenvalue weighted by Crippen LogP contribution is 2.35. The van der Waals surface area contributed by atoms with Gasteiger partial charge in [-0.15, -0.1) is 0 Å². The van der Waals surface area contributed by atoms with E-state index in [4.69, 9.17) is 21.1 Å². The lowest BCUT2D eigenvalue weighted by Crippen LogP contribution is -2.14. The van der Waals surface area contributed by atoms with E-state index in [2.05, 4.69) is 27.9 Å². The predicted molar refractivity (Wildman–Crippen MR) is 137 cm³/mol. The van der Waals surface area contributed by atoms with Crippen molar-refractivity contribution in [2.24, 2.45) is 0 Å². The van der Waals surface area contributed by atoms with Crippen LogP contribution in [0.25, 0.3) is 6.08 Å². The van der Waals surface area contributed by atoms with Crippen LogP contribution in [-0.2, 0) is 11.4 Å². The fourth-order valence-electron chi connectivity index (χ4n) is 2.92. The van der Waals surface area contributed by atoms with E-state index in [0.717, 1.165) is 15.2 Å². The summed E-state index contributed by atoms with van der Waals surface area (Å²) < 4.78 is 12.1. The van der Waals surface area contributed by atoms with E-state index in [-0.39, 0.29) is 22.0 Å². The molecule has 0 aliphatic heterocycles. The first-order valence-electron chi connectivity index (χ1n) is 9.73. The van der Waals surface area contributed by atoms with Crippen molar-refractivity contribution in [1.82, 2.24) is 0 Å². The second kappa shape index (κ2) is 11.5. The molecule has 3 aromatic rings. The third-order valence-electron chi connectivity index (χ3n) is 4.56. The number of rotatable bonds is 8. The van der Waals surface area contributed by atoms with Crippen molar-refractivity contribution < 1.29 is 19.2 Å². The highest BCUT2D eigenvalue weighted by molar-refractivity contribution is 14.1. The van der Waals surface area contributed by atoms with Crippen molar-refractivity contribution in [3.8, 4) is 17.6 Å². The maximum Gasteiger partial charge on any atom is 0.271 e. The molecule has 0 radical (unpaired) electrons. The minimum Gasteiger partial charge on any atom is -0.493 e. The Hall–Kier alpha value is -3.62. The van der Waals surface area contributed by atoms with Crippen LogP contribution in [-0.4, -0.2) is 17.9 Å². The first-order chi connectivity index (χ1) is 16.3. The zero-order valence-electron chi connectivity index (χ0n) is 17.7. The van der Waals surface area contributed by atoms with Crippen LogP contribution in [0.15, 0.2) is 66.2 Å². The molecule has 0 aliphatic carbocycles. The van der Waals surface area contributed by atoms with Gasteiger partial charge in [0, 0.05) is 12.1 Å². The molecule has 172 valence electrons. The van der Waals surface area contributed by atoms with Crippen LogP contribution >= 0.6 is 34.2 Å². The summed E-state index contributed by atoms with van der Waals surface area (Å²) in [6.45, 7) is 0.345. The van der Waals surface area contributed by atoms with E-state index in [1.165, 1.54) is 25.3 Å². The number of carbonyl (C=O) groups is 1. The smallest absolute Gasteiger partial charge is 0.271 e. The number of nitrogens with one attached hydrogen (secondary N) is 1. The lowest BCUT2D eigenvalue weighted by atomic mass is 10.1. The van der Waals surface area contributed by atoms with Crippen molar-refractivity contribution in [2.45, 2.75) is 6.61 Å². The first-order valence-corrected chi connectivity index (χ1v) is 11.2. The second-order valence-corrected chi connectivity index (χ2v) is 8.42. The number of nitrogens with zero attached hydrogens (tertiary/aromatic N) is 2. The molecular formula is C24H17ClIN3O5. The Bertz CT molecular complexity index is 1310. The van der Waals surface area contributed by atoms with Gasteiger partial charge in [0.05, 0.1) is 26.3 Å². The molecule has 0 heterocycles. The third-order valence-corrected chi connectivity index (χ3v) is 5.69. The van der Waals surface area contributed by atoms with Crippen LogP contribution in [0.1, 0.15) is 11.1 Å². The molecule has 34 heavy (non-hydrogen) atoms. The van der Waals surface area contributed by atoms with Gasteiger partial charge in [0.1, 0.15) is 18.2 Å². The number of nitriles is 1. The number of benzene rings is 3. The number of hydrogen-bond acceptors (Lipinski definition) is 6. The van der Waals surface area contributed by atoms with Crippen LogP contribution in [0.3, 0.4) is 0 Å². The van der Waals surface area contributed by atoms with Gasteiger partial charge in [0.15, 0.2) is 11.5 Å². The van der Waals surface area contributed by atoms with Crippen molar-refractivity contribution >= 4 is 57.5 Å². The maximum atomic E-state index is 12.7. The average molecular weight is 590 g/mol. The standard InChI is InChI=1S/C24H17ClIN3O5/c1-33-22-11-16(10-20(26)23(22)34-14-15-5-3-2-4-6-15)9-17(13-27)24(30)28-21-12-18(29(31)32)7-8-19(21)25/h2-12H,14H2,1H3,(H,28,30)/b17-9+. The summed E-state index contributed by atoms with van der Waals surface area (Å²) in [5.74, 6) is 0.215. The maximum absolute atomic E-state index is 12.7. The van der Waals surface area contributed by atoms with Gasteiger partial charge in [-0.05, 0) is 58.0 Å². The van der Waals surface area contributed by atoms with E-state index >= 15 is 0 Å². The van der Waals surface area contributed by atoms with Gasteiger partial charge in [-0.1, -0.05) is 41.9 Å². The molecule has 0 aromatic heterocycles. The average Bonchev–Trinajstić information content (AvgIpc) is 2.83. The van der Waals surface area contributed by atoms with Gasteiger partial charge in [0.25, 0.3) is 11.6 Å². The van der Waals surface area contributed by atoms with Crippen LogP contribution in [0.2, 0.25) is 5.02 Å². The molecule has 0 unspecified atom stereocenters. The van der Waals surface area contributed by atoms with Crippen molar-refractivity contribution in [2.75, 3.05) is 12.4 Å². The van der Waals surface area contributed by atoms with E-state index in [0.29, 0.717) is 23.7 Å². The summed E-state index contributed by atoms with van der Waals surface area (Å²) in [6.07, 6.45) is 1.38. The zero-order valence-corrected chi connectivity index (χ0v) is 20.7. The number of halogens is 2. The lowest BCUT2D eigenvalue weighted by molar-refractivity contribution is -0.384. The molecule has 0 saturated carbocycles. The highest BCUT2D eigenvalue weighted by atomic mass is 127. The first kappa shape index (κ1) is 25.0. The Morgan fingerprint density at radius 3 is 2.62 bits per heavy atom. The van der Waals surface area contributed by atoms with Crippen LogP contribution in [0.5, 0.6) is 11.5 Å². The van der Waals surface area contributed by atoms with Gasteiger partial charge < -0.3 is 14.8 Å². The summed E-state index contributed by atoms with van der Waals surface area (Å²) in [7, 11) is 1.50. The number of nitro groups is 1. The van der Waals surface area contributed by atoms with E-state index in [1.807, 2.05) is 36.4 Å². The van der Waals surface area contributed by atoms with E-state index in [1.54, 1.807) is 12.1 Å². The Labute approximate surface area is 214 Å². The fraction of sp³-hybridized carbons (Fsp3) is 0.0833. The number of anilines is 1. The highest BCUT2D eigenvalue weighted by Gasteiger charge is 2.17. The fourth-order valence-corrected chi connectivity index (χ4v) is 3.87. The number of non-ortho nitro benzene ring substituents is 1. The quantitative estimate of drug-likeness (QED) is 0.114. The molecule has 0 fully saturated rings. The van der Waals surface area contributed by atoms with Crippen molar-refractivity contribution in [3.05, 3.63) is 96.1 Å². The van der Waals surface area contributed by atoms with E-state index in [9.17, 15) is 20.2 Å². The second-order valence-electron chi connectivity index (χ2n) is 6.85. The Kier molecular flexibility index (Phi) is 8.45.